The molecule has 1 N–H and O–H groups in total. The SMILES string of the molecule is C(=N\n1cnc2ccccc21)/c1c(-c2ccccc2)[nH]c2ccccc12. The van der Waals surface area contributed by atoms with Crippen molar-refractivity contribution in [1.29, 1.82) is 0 Å². The van der Waals surface area contributed by atoms with E-state index in [-0.39, 0.29) is 0 Å². The Morgan fingerprint density at radius 1 is 0.846 bits per heavy atom. The van der Waals surface area contributed by atoms with Crippen LogP contribution in [0.25, 0.3) is 33.2 Å². The summed E-state index contributed by atoms with van der Waals surface area (Å²) in [7, 11) is 0. The first-order valence-corrected chi connectivity index (χ1v) is 8.53. The molecule has 4 nitrogen and oxygen atoms in total. The van der Waals surface area contributed by atoms with Crippen molar-refractivity contribution >= 4 is 28.2 Å². The van der Waals surface area contributed by atoms with E-state index in [2.05, 4.69) is 45.4 Å². The number of imidazole rings is 1. The Kier molecular flexibility index (Phi) is 3.39. The lowest BCUT2D eigenvalue weighted by Crippen LogP contribution is -1.90. The van der Waals surface area contributed by atoms with E-state index in [0.717, 1.165) is 38.8 Å². The highest BCUT2D eigenvalue weighted by atomic mass is 15.4. The Hall–Kier alpha value is -3.66. The number of benzene rings is 3. The summed E-state index contributed by atoms with van der Waals surface area (Å²) in [5.74, 6) is 0. The Morgan fingerprint density at radius 3 is 2.54 bits per heavy atom. The quantitative estimate of drug-likeness (QED) is 0.460. The van der Waals surface area contributed by atoms with E-state index in [4.69, 9.17) is 0 Å². The molecule has 0 radical (unpaired) electrons. The molecule has 0 spiro atoms. The summed E-state index contributed by atoms with van der Waals surface area (Å²) in [4.78, 5) is 7.93. The number of hydrogen-bond acceptors (Lipinski definition) is 2. The van der Waals surface area contributed by atoms with Crippen molar-refractivity contribution < 1.29 is 0 Å². The molecule has 0 saturated heterocycles. The number of fused-ring (bicyclic) bond motifs is 2. The third-order valence-corrected chi connectivity index (χ3v) is 4.55. The maximum absolute atomic E-state index is 4.68. The van der Waals surface area contributed by atoms with Crippen molar-refractivity contribution in [2.45, 2.75) is 0 Å². The van der Waals surface area contributed by atoms with E-state index in [9.17, 15) is 0 Å². The topological polar surface area (TPSA) is 46.0 Å². The van der Waals surface area contributed by atoms with Gasteiger partial charge in [0.1, 0.15) is 6.33 Å². The number of rotatable bonds is 3. The maximum atomic E-state index is 4.68. The van der Waals surface area contributed by atoms with E-state index in [1.165, 1.54) is 0 Å². The molecule has 0 bridgehead atoms. The van der Waals surface area contributed by atoms with Gasteiger partial charge in [0.25, 0.3) is 0 Å². The Bertz CT molecular complexity index is 1230. The predicted molar refractivity (Wildman–Crippen MR) is 106 cm³/mol. The smallest absolute Gasteiger partial charge is 0.118 e. The van der Waals surface area contributed by atoms with E-state index in [0.29, 0.717) is 0 Å². The van der Waals surface area contributed by atoms with Gasteiger partial charge < -0.3 is 4.98 Å². The zero-order valence-corrected chi connectivity index (χ0v) is 14.0. The van der Waals surface area contributed by atoms with Crippen LogP contribution in [0.3, 0.4) is 0 Å². The molecule has 0 saturated carbocycles. The molecule has 0 aliphatic heterocycles. The van der Waals surface area contributed by atoms with Gasteiger partial charge in [0.05, 0.1) is 22.9 Å². The molecule has 26 heavy (non-hydrogen) atoms. The molecule has 0 aliphatic rings. The second-order valence-corrected chi connectivity index (χ2v) is 6.15. The molecule has 2 aromatic heterocycles. The summed E-state index contributed by atoms with van der Waals surface area (Å²) in [6.07, 6.45) is 3.66. The molecule has 0 unspecified atom stereocenters. The summed E-state index contributed by atoms with van der Waals surface area (Å²) in [5.41, 5.74) is 6.31. The van der Waals surface area contributed by atoms with Crippen molar-refractivity contribution in [2.24, 2.45) is 5.10 Å². The zero-order chi connectivity index (χ0) is 17.3. The van der Waals surface area contributed by atoms with Gasteiger partial charge in [0, 0.05) is 16.5 Å². The average molecular weight is 336 g/mol. The number of aromatic nitrogens is 3. The molecule has 0 aliphatic carbocycles. The third kappa shape index (κ3) is 2.40. The highest BCUT2D eigenvalue weighted by Crippen LogP contribution is 2.29. The van der Waals surface area contributed by atoms with Crippen molar-refractivity contribution in [3.8, 4) is 11.3 Å². The average Bonchev–Trinajstić information content (AvgIpc) is 3.28. The normalized spacial score (nSPS) is 11.7. The fraction of sp³-hybridized carbons (Fsp3) is 0. The lowest BCUT2D eigenvalue weighted by atomic mass is 10.1. The predicted octanol–water partition coefficient (Wildman–Crippen LogP) is 5.07. The van der Waals surface area contributed by atoms with Gasteiger partial charge in [0.2, 0.25) is 0 Å². The van der Waals surface area contributed by atoms with Gasteiger partial charge in [-0.2, -0.15) is 5.10 Å². The minimum Gasteiger partial charge on any atom is -0.354 e. The van der Waals surface area contributed by atoms with Gasteiger partial charge in [0.15, 0.2) is 0 Å². The second-order valence-electron chi connectivity index (χ2n) is 6.15. The number of nitrogens with zero attached hydrogens (tertiary/aromatic N) is 3. The third-order valence-electron chi connectivity index (χ3n) is 4.55. The minimum atomic E-state index is 0.937. The summed E-state index contributed by atoms with van der Waals surface area (Å²) >= 11 is 0. The molecular weight excluding hydrogens is 320 g/mol. The molecule has 2 heterocycles. The standard InChI is InChI=1S/C22H16N4/c1-2-8-16(9-3-1)22-18(17-10-4-5-11-19(17)25-22)14-24-26-15-23-20-12-6-7-13-21(20)26/h1-15,25H/b24-14+. The molecule has 3 aromatic carbocycles. The van der Waals surface area contributed by atoms with Crippen LogP contribution in [0.15, 0.2) is 90.3 Å². The molecule has 0 fully saturated rings. The summed E-state index contributed by atoms with van der Waals surface area (Å²) in [5, 5.41) is 5.83. The molecular formula is C22H16N4. The monoisotopic (exact) mass is 336 g/mol. The van der Waals surface area contributed by atoms with E-state index in [1.807, 2.05) is 59.4 Å². The van der Waals surface area contributed by atoms with Crippen LogP contribution >= 0.6 is 0 Å². The lowest BCUT2D eigenvalue weighted by Gasteiger charge is -2.01. The van der Waals surface area contributed by atoms with E-state index in [1.54, 1.807) is 6.33 Å². The van der Waals surface area contributed by atoms with Crippen molar-refractivity contribution in [3.63, 3.8) is 0 Å². The zero-order valence-electron chi connectivity index (χ0n) is 14.0. The number of aromatic amines is 1. The van der Waals surface area contributed by atoms with Gasteiger partial charge >= 0.3 is 0 Å². The van der Waals surface area contributed by atoms with Crippen LogP contribution in [0.5, 0.6) is 0 Å². The highest BCUT2D eigenvalue weighted by molar-refractivity contribution is 6.05. The number of para-hydroxylation sites is 3. The largest absolute Gasteiger partial charge is 0.354 e. The van der Waals surface area contributed by atoms with Crippen LogP contribution in [0.2, 0.25) is 0 Å². The number of H-pyrrole nitrogens is 1. The summed E-state index contributed by atoms with van der Waals surface area (Å²) in [6, 6.07) is 26.6. The molecule has 5 rings (SSSR count). The first kappa shape index (κ1) is 14.7. The molecule has 124 valence electrons. The molecule has 4 heteroatoms. The van der Waals surface area contributed by atoms with Crippen LogP contribution in [0.4, 0.5) is 0 Å². The van der Waals surface area contributed by atoms with Crippen LogP contribution in [0.1, 0.15) is 5.56 Å². The van der Waals surface area contributed by atoms with Crippen molar-refractivity contribution in [2.75, 3.05) is 0 Å². The Morgan fingerprint density at radius 2 is 1.62 bits per heavy atom. The van der Waals surface area contributed by atoms with Crippen LogP contribution in [-0.4, -0.2) is 20.9 Å². The van der Waals surface area contributed by atoms with Gasteiger partial charge in [-0.1, -0.05) is 60.7 Å². The summed E-state index contributed by atoms with van der Waals surface area (Å²) in [6.45, 7) is 0. The van der Waals surface area contributed by atoms with Gasteiger partial charge in [-0.15, -0.1) is 0 Å². The molecule has 5 aromatic rings. The van der Waals surface area contributed by atoms with E-state index < -0.39 is 0 Å². The van der Waals surface area contributed by atoms with Gasteiger partial charge in [-0.25, -0.2) is 9.66 Å². The van der Waals surface area contributed by atoms with Crippen LogP contribution in [0, 0.1) is 0 Å². The van der Waals surface area contributed by atoms with Gasteiger partial charge in [-0.3, -0.25) is 0 Å². The van der Waals surface area contributed by atoms with Crippen molar-refractivity contribution in [1.82, 2.24) is 14.6 Å². The first-order chi connectivity index (χ1) is 12.9. The molecule has 0 amide bonds. The Balaban J connectivity index is 1.68. The van der Waals surface area contributed by atoms with E-state index >= 15 is 0 Å². The summed E-state index contributed by atoms with van der Waals surface area (Å²) < 4.78 is 1.81. The fourth-order valence-corrected chi connectivity index (χ4v) is 3.29. The fourth-order valence-electron chi connectivity index (χ4n) is 3.29. The highest BCUT2D eigenvalue weighted by Gasteiger charge is 2.11. The Labute approximate surface area is 150 Å². The maximum Gasteiger partial charge on any atom is 0.118 e. The van der Waals surface area contributed by atoms with Gasteiger partial charge in [-0.05, 0) is 23.8 Å². The number of hydrogen-bond donors (Lipinski definition) is 1. The second kappa shape index (κ2) is 6.01. The first-order valence-electron chi connectivity index (χ1n) is 8.53. The minimum absolute atomic E-state index is 0.937. The van der Waals surface area contributed by atoms with Crippen molar-refractivity contribution in [3.05, 3.63) is 90.8 Å². The van der Waals surface area contributed by atoms with Crippen LogP contribution in [-0.2, 0) is 0 Å². The number of nitrogens with one attached hydrogen (secondary N) is 1. The van der Waals surface area contributed by atoms with Crippen LogP contribution < -0.4 is 0 Å². The molecule has 0 atom stereocenters. The lowest BCUT2D eigenvalue weighted by molar-refractivity contribution is 0.915.